The lowest BCUT2D eigenvalue weighted by molar-refractivity contribution is 0.408. The molecule has 0 aliphatic carbocycles. The number of rotatable bonds is 5. The van der Waals surface area contributed by atoms with Gasteiger partial charge >= 0.3 is 0 Å². The van der Waals surface area contributed by atoms with Crippen LogP contribution in [0.25, 0.3) is 34.3 Å². The molecule has 0 bridgehead atoms. The maximum absolute atomic E-state index is 10.5. The van der Waals surface area contributed by atoms with Crippen molar-refractivity contribution in [1.82, 2.24) is 19.5 Å². The van der Waals surface area contributed by atoms with Gasteiger partial charge in [-0.05, 0) is 36.4 Å². The molecule has 152 valence electrons. The summed E-state index contributed by atoms with van der Waals surface area (Å²) in [6.07, 6.45) is 1.88. The fourth-order valence-corrected chi connectivity index (χ4v) is 3.08. The summed E-state index contributed by atoms with van der Waals surface area (Å²) in [5.74, 6) is 1.93. The van der Waals surface area contributed by atoms with Crippen LogP contribution >= 0.6 is 0 Å². The molecule has 0 aliphatic rings. The topological polar surface area (TPSA) is 103 Å². The molecule has 0 unspecified atom stereocenters. The molecule has 4 rings (SSSR count). The van der Waals surface area contributed by atoms with Gasteiger partial charge in [-0.25, -0.2) is 15.0 Å². The maximum atomic E-state index is 10.5. The Kier molecular flexibility index (Phi) is 4.97. The Morgan fingerprint density at radius 2 is 1.23 bits per heavy atom. The number of phenolic OH excluding ortho intramolecular Hbond substituents is 2. The number of ether oxygens (including phenoxy) is 2. The first kappa shape index (κ1) is 19.3. The Morgan fingerprint density at radius 1 is 0.733 bits per heavy atom. The Hall–Kier alpha value is -4.07. The largest absolute Gasteiger partial charge is 0.507 e. The molecular formula is C22H20N4O4. The number of aromatic hydroxyl groups is 2. The van der Waals surface area contributed by atoms with E-state index in [1.165, 1.54) is 26.4 Å². The lowest BCUT2D eigenvalue weighted by Crippen LogP contribution is -2.03. The molecule has 0 atom stereocenters. The monoisotopic (exact) mass is 404 g/mol. The summed E-state index contributed by atoms with van der Waals surface area (Å²) in [6, 6.07) is 13.5. The zero-order chi connectivity index (χ0) is 21.3. The zero-order valence-corrected chi connectivity index (χ0v) is 16.7. The van der Waals surface area contributed by atoms with Gasteiger partial charge in [0, 0.05) is 25.4 Å². The lowest BCUT2D eigenvalue weighted by Gasteiger charge is -2.11. The first-order valence-corrected chi connectivity index (χ1v) is 9.12. The molecule has 8 heteroatoms. The molecule has 30 heavy (non-hydrogen) atoms. The van der Waals surface area contributed by atoms with Gasteiger partial charge in [-0.3, -0.25) is 0 Å². The van der Waals surface area contributed by atoms with Crippen LogP contribution in [0.2, 0.25) is 0 Å². The second kappa shape index (κ2) is 7.75. The van der Waals surface area contributed by atoms with E-state index in [1.807, 2.05) is 29.9 Å². The van der Waals surface area contributed by atoms with Crippen molar-refractivity contribution in [1.29, 1.82) is 0 Å². The summed E-state index contributed by atoms with van der Waals surface area (Å²) in [6.45, 7) is 0. The third kappa shape index (κ3) is 3.50. The predicted molar refractivity (Wildman–Crippen MR) is 112 cm³/mol. The van der Waals surface area contributed by atoms with E-state index in [9.17, 15) is 10.2 Å². The Balaban J connectivity index is 1.93. The standard InChI is InChI=1S/C22H20N4O4/c1-26-10-4-5-17(26)22-24-20(15-8-6-13(29-2)11-18(15)27)23-21(25-22)16-9-7-14(30-3)12-19(16)28/h4-12,27-28H,1-3H3. The number of aromatic nitrogens is 4. The average Bonchev–Trinajstić information content (AvgIpc) is 3.19. The van der Waals surface area contributed by atoms with Crippen LogP contribution in [-0.4, -0.2) is 44.0 Å². The minimum absolute atomic E-state index is 0.0247. The summed E-state index contributed by atoms with van der Waals surface area (Å²) in [7, 11) is 4.93. The van der Waals surface area contributed by atoms with Crippen molar-refractivity contribution in [2.24, 2.45) is 7.05 Å². The van der Waals surface area contributed by atoms with Gasteiger partial charge in [0.1, 0.15) is 23.0 Å². The van der Waals surface area contributed by atoms with E-state index in [1.54, 1.807) is 24.3 Å². The zero-order valence-electron chi connectivity index (χ0n) is 16.7. The maximum Gasteiger partial charge on any atom is 0.180 e. The quantitative estimate of drug-likeness (QED) is 0.523. The molecule has 0 amide bonds. The van der Waals surface area contributed by atoms with Crippen LogP contribution < -0.4 is 9.47 Å². The molecular weight excluding hydrogens is 384 g/mol. The van der Waals surface area contributed by atoms with Crippen LogP contribution in [0.3, 0.4) is 0 Å². The molecule has 0 spiro atoms. The summed E-state index contributed by atoms with van der Waals surface area (Å²) >= 11 is 0. The second-order valence-electron chi connectivity index (χ2n) is 6.58. The van der Waals surface area contributed by atoms with E-state index < -0.39 is 0 Å². The van der Waals surface area contributed by atoms with Crippen LogP contribution in [-0.2, 0) is 7.05 Å². The van der Waals surface area contributed by atoms with Gasteiger partial charge in [0.2, 0.25) is 0 Å². The summed E-state index contributed by atoms with van der Waals surface area (Å²) in [5.41, 5.74) is 1.60. The van der Waals surface area contributed by atoms with E-state index in [2.05, 4.69) is 15.0 Å². The minimum atomic E-state index is -0.0247. The van der Waals surface area contributed by atoms with E-state index in [4.69, 9.17) is 9.47 Å². The molecule has 2 N–H and O–H groups in total. The number of nitrogens with zero attached hydrogens (tertiary/aromatic N) is 4. The number of methoxy groups -OCH3 is 2. The molecule has 0 radical (unpaired) electrons. The summed E-state index contributed by atoms with van der Waals surface area (Å²) in [4.78, 5) is 13.6. The van der Waals surface area contributed by atoms with Crippen molar-refractivity contribution in [2.45, 2.75) is 0 Å². The van der Waals surface area contributed by atoms with E-state index in [0.29, 0.717) is 28.5 Å². The van der Waals surface area contributed by atoms with Gasteiger partial charge in [-0.1, -0.05) is 0 Å². The smallest absolute Gasteiger partial charge is 0.180 e. The van der Waals surface area contributed by atoms with Gasteiger partial charge in [-0.15, -0.1) is 0 Å². The van der Waals surface area contributed by atoms with Crippen molar-refractivity contribution in [3.05, 3.63) is 54.7 Å². The Morgan fingerprint density at radius 3 is 1.63 bits per heavy atom. The van der Waals surface area contributed by atoms with Crippen molar-refractivity contribution in [3.8, 4) is 57.3 Å². The second-order valence-corrected chi connectivity index (χ2v) is 6.58. The molecule has 0 fully saturated rings. The van der Waals surface area contributed by atoms with Gasteiger partial charge in [0.05, 0.1) is 31.0 Å². The highest BCUT2D eigenvalue weighted by Crippen LogP contribution is 2.35. The molecule has 0 aliphatic heterocycles. The molecule has 8 nitrogen and oxygen atoms in total. The normalized spacial score (nSPS) is 10.8. The highest BCUT2D eigenvalue weighted by molar-refractivity contribution is 5.72. The first-order chi connectivity index (χ1) is 14.5. The van der Waals surface area contributed by atoms with Crippen LogP contribution in [0.5, 0.6) is 23.0 Å². The van der Waals surface area contributed by atoms with Crippen molar-refractivity contribution in [2.75, 3.05) is 14.2 Å². The van der Waals surface area contributed by atoms with E-state index in [-0.39, 0.29) is 23.1 Å². The highest BCUT2D eigenvalue weighted by Gasteiger charge is 2.18. The SMILES string of the molecule is COc1ccc(-c2nc(-c3ccc(OC)cc3O)nc(-c3cccn3C)n2)c(O)c1. The fraction of sp³-hybridized carbons (Fsp3) is 0.136. The molecule has 4 aromatic rings. The third-order valence-electron chi connectivity index (χ3n) is 4.70. The first-order valence-electron chi connectivity index (χ1n) is 9.12. The highest BCUT2D eigenvalue weighted by atomic mass is 16.5. The molecule has 2 aromatic heterocycles. The van der Waals surface area contributed by atoms with Gasteiger partial charge in [-0.2, -0.15) is 0 Å². The lowest BCUT2D eigenvalue weighted by atomic mass is 10.1. The van der Waals surface area contributed by atoms with Crippen LogP contribution in [0.15, 0.2) is 54.7 Å². The van der Waals surface area contributed by atoms with Gasteiger partial charge in [0.25, 0.3) is 0 Å². The number of benzene rings is 2. The summed E-state index contributed by atoms with van der Waals surface area (Å²) in [5, 5.41) is 21.0. The molecule has 0 saturated heterocycles. The average molecular weight is 404 g/mol. The minimum Gasteiger partial charge on any atom is -0.507 e. The number of hydrogen-bond donors (Lipinski definition) is 2. The van der Waals surface area contributed by atoms with Crippen molar-refractivity contribution < 1.29 is 19.7 Å². The van der Waals surface area contributed by atoms with Crippen molar-refractivity contribution >= 4 is 0 Å². The van der Waals surface area contributed by atoms with E-state index in [0.717, 1.165) is 5.69 Å². The van der Waals surface area contributed by atoms with Crippen LogP contribution in [0.1, 0.15) is 0 Å². The van der Waals surface area contributed by atoms with Gasteiger partial charge in [0.15, 0.2) is 17.5 Å². The molecule has 2 aromatic carbocycles. The Labute approximate surface area is 173 Å². The van der Waals surface area contributed by atoms with Gasteiger partial charge < -0.3 is 24.3 Å². The number of aryl methyl sites for hydroxylation is 1. The van der Waals surface area contributed by atoms with Crippen LogP contribution in [0, 0.1) is 0 Å². The molecule has 2 heterocycles. The summed E-state index contributed by atoms with van der Waals surface area (Å²) < 4.78 is 12.2. The number of phenols is 2. The van der Waals surface area contributed by atoms with Crippen LogP contribution in [0.4, 0.5) is 0 Å². The Bertz CT molecular complexity index is 1150. The third-order valence-corrected chi connectivity index (χ3v) is 4.70. The number of hydrogen-bond acceptors (Lipinski definition) is 7. The van der Waals surface area contributed by atoms with Crippen molar-refractivity contribution in [3.63, 3.8) is 0 Å². The fourth-order valence-electron chi connectivity index (χ4n) is 3.08. The van der Waals surface area contributed by atoms with E-state index >= 15 is 0 Å². The molecule has 0 saturated carbocycles. The predicted octanol–water partition coefficient (Wildman–Crippen LogP) is 3.64.